The van der Waals surface area contributed by atoms with Crippen molar-refractivity contribution < 1.29 is 4.74 Å². The molecule has 2 heteroatoms. The second-order valence-corrected chi connectivity index (χ2v) is 4.61. The third-order valence-electron chi connectivity index (χ3n) is 1.79. The summed E-state index contributed by atoms with van der Waals surface area (Å²) >= 11 is 3.65. The zero-order valence-electron chi connectivity index (χ0n) is 7.72. The van der Waals surface area contributed by atoms with Crippen molar-refractivity contribution in [2.24, 2.45) is 0 Å². The first-order valence-corrected chi connectivity index (χ1v) is 4.43. The molecule has 0 aliphatic heterocycles. The fourth-order valence-corrected chi connectivity index (χ4v) is 1.17. The van der Waals surface area contributed by atoms with Gasteiger partial charge in [0, 0.05) is 5.56 Å². The molecule has 0 aliphatic rings. The van der Waals surface area contributed by atoms with Gasteiger partial charge in [-0.05, 0) is 38.6 Å². The lowest BCUT2D eigenvalue weighted by Crippen LogP contribution is -2.11. The number of hydrogen-bond acceptors (Lipinski definition) is 1. The van der Waals surface area contributed by atoms with E-state index in [4.69, 9.17) is 4.74 Å². The molecule has 1 rings (SSSR count). The summed E-state index contributed by atoms with van der Waals surface area (Å²) in [7, 11) is 1.68. The van der Waals surface area contributed by atoms with Crippen molar-refractivity contribution in [2.45, 2.75) is 18.6 Å². The van der Waals surface area contributed by atoms with Crippen LogP contribution >= 0.6 is 0 Å². The second kappa shape index (κ2) is 3.40. The first-order valence-electron chi connectivity index (χ1n) is 3.93. The van der Waals surface area contributed by atoms with Gasteiger partial charge in [-0.3, -0.25) is 0 Å². The number of methoxy groups -OCH3 is 1. The van der Waals surface area contributed by atoms with Gasteiger partial charge in [-0.15, -0.1) is 0 Å². The van der Waals surface area contributed by atoms with E-state index in [2.05, 4.69) is 32.5 Å². The molecule has 0 N–H and O–H groups in total. The molecule has 0 fully saturated rings. The summed E-state index contributed by atoms with van der Waals surface area (Å²) in [5.74, 6) is 0.902. The number of rotatable bonds is 2. The molecule has 66 valence electrons. The van der Waals surface area contributed by atoms with E-state index in [9.17, 15) is 0 Å². The Bertz CT molecular complexity index is 263. The van der Waals surface area contributed by atoms with Crippen molar-refractivity contribution in [1.82, 2.24) is 0 Å². The average molecular weight is 183 g/mol. The third-order valence-corrected chi connectivity index (χ3v) is 2.08. The largest absolute Gasteiger partial charge is 0.497 e. The molecule has 12 heavy (non-hydrogen) atoms. The van der Waals surface area contributed by atoms with E-state index in [1.165, 1.54) is 5.56 Å². The molecule has 0 unspecified atom stereocenters. The molecule has 1 nitrogen and oxygen atoms in total. The van der Waals surface area contributed by atoms with Crippen LogP contribution in [0.4, 0.5) is 0 Å². The minimum Gasteiger partial charge on any atom is -0.497 e. The Hall–Kier alpha value is -0.630. The highest BCUT2D eigenvalue weighted by Crippen LogP contribution is 2.24. The summed E-state index contributed by atoms with van der Waals surface area (Å²) in [5.41, 5.74) is 1.22. The number of ether oxygens (including phenoxy) is 1. The van der Waals surface area contributed by atoms with Gasteiger partial charge in [0.1, 0.15) is 10.5 Å². The molecule has 0 saturated carbocycles. The fourth-order valence-electron chi connectivity index (χ4n) is 1.01. The smallest absolute Gasteiger partial charge is 0.143 e. The monoisotopic (exact) mass is 183 g/mol. The Morgan fingerprint density at radius 2 is 2.00 bits per heavy atom. The van der Waals surface area contributed by atoms with Crippen LogP contribution in [-0.2, 0) is 17.4 Å². The topological polar surface area (TPSA) is 9.23 Å². The second-order valence-electron chi connectivity index (χ2n) is 3.36. The van der Waals surface area contributed by atoms with Crippen LogP contribution in [-0.4, -0.2) is 7.11 Å². The first kappa shape index (κ1) is 9.46. The van der Waals surface area contributed by atoms with E-state index in [0.717, 1.165) is 5.75 Å². The van der Waals surface area contributed by atoms with Crippen LogP contribution in [0.3, 0.4) is 0 Å². The average Bonchev–Trinajstić information content (AvgIpc) is 2.03. The number of benzene rings is 1. The van der Waals surface area contributed by atoms with E-state index in [0.29, 0.717) is 0 Å². The molecule has 0 amide bonds. The van der Waals surface area contributed by atoms with Gasteiger partial charge in [-0.2, -0.15) is 0 Å². The summed E-state index contributed by atoms with van der Waals surface area (Å²) in [6.45, 7) is 4.22. The van der Waals surface area contributed by atoms with Gasteiger partial charge in [0.05, 0.1) is 7.11 Å². The normalized spacial score (nSPS) is 11.3. The van der Waals surface area contributed by atoms with Crippen molar-refractivity contribution in [2.75, 3.05) is 7.11 Å². The van der Waals surface area contributed by atoms with Gasteiger partial charge in [0.25, 0.3) is 0 Å². The van der Waals surface area contributed by atoms with Crippen LogP contribution in [0.5, 0.6) is 5.75 Å². The lowest BCUT2D eigenvalue weighted by molar-refractivity contribution is 0.414. The van der Waals surface area contributed by atoms with Gasteiger partial charge in [-0.25, -0.2) is 0 Å². The van der Waals surface area contributed by atoms with Crippen LogP contribution in [0.1, 0.15) is 19.4 Å². The maximum atomic E-state index is 5.13. The Labute approximate surface area is 79.2 Å². The highest BCUT2D eigenvalue weighted by atomic mass is 32.1. The zero-order valence-corrected chi connectivity index (χ0v) is 8.72. The molecule has 0 saturated heterocycles. The summed E-state index contributed by atoms with van der Waals surface area (Å²) in [4.78, 5) is 0. The van der Waals surface area contributed by atoms with Crippen LogP contribution in [0.15, 0.2) is 24.3 Å². The number of hydrogen-bond donors (Lipinski definition) is 0. The minimum atomic E-state index is 0.00847. The lowest BCUT2D eigenvalue weighted by atomic mass is 10.0. The van der Waals surface area contributed by atoms with Gasteiger partial charge < -0.3 is 4.74 Å². The van der Waals surface area contributed by atoms with E-state index in [1.54, 1.807) is 7.11 Å². The van der Waals surface area contributed by atoms with E-state index >= 15 is 0 Å². The molecular weight excluding hydrogens is 168 g/mol. The fraction of sp³-hybridized carbons (Fsp3) is 0.400. The zero-order chi connectivity index (χ0) is 9.19. The SMILES string of the molecule is COc1cccc(C(C)(C)[SH2+])c1. The van der Waals surface area contributed by atoms with Crippen LogP contribution in [0.25, 0.3) is 0 Å². The Kier molecular flexibility index (Phi) is 2.68. The Morgan fingerprint density at radius 1 is 1.33 bits per heavy atom. The van der Waals surface area contributed by atoms with E-state index < -0.39 is 0 Å². The molecule has 0 radical (unpaired) electrons. The van der Waals surface area contributed by atoms with Gasteiger partial charge in [0.15, 0.2) is 0 Å². The maximum Gasteiger partial charge on any atom is 0.143 e. The highest BCUT2D eigenvalue weighted by molar-refractivity contribution is 7.59. The van der Waals surface area contributed by atoms with Crippen molar-refractivity contribution >= 4 is 12.6 Å². The lowest BCUT2D eigenvalue weighted by Gasteiger charge is -2.12. The molecule has 1 aromatic rings. The summed E-state index contributed by atoms with van der Waals surface area (Å²) < 4.78 is 5.14. The predicted molar refractivity (Wildman–Crippen MR) is 56.2 cm³/mol. The molecule has 0 heterocycles. The summed E-state index contributed by atoms with van der Waals surface area (Å²) in [6.07, 6.45) is 0. The van der Waals surface area contributed by atoms with Gasteiger partial charge in [0.2, 0.25) is 0 Å². The van der Waals surface area contributed by atoms with Crippen molar-refractivity contribution in [3.63, 3.8) is 0 Å². The van der Waals surface area contributed by atoms with Crippen LogP contribution < -0.4 is 4.74 Å². The van der Waals surface area contributed by atoms with Crippen LogP contribution in [0, 0.1) is 0 Å². The summed E-state index contributed by atoms with van der Waals surface area (Å²) in [6, 6.07) is 8.06. The molecule has 1 aromatic carbocycles. The summed E-state index contributed by atoms with van der Waals surface area (Å²) in [5, 5.41) is 0. The standard InChI is InChI=1S/C10H14OS/c1-10(2,12)8-5-4-6-9(7-8)11-3/h4-7,12H,1-3H3/p+1. The molecule has 0 bridgehead atoms. The van der Waals surface area contributed by atoms with Gasteiger partial charge in [-0.1, -0.05) is 12.1 Å². The quantitative estimate of drug-likeness (QED) is 0.637. The first-order chi connectivity index (χ1) is 5.54. The molecule has 0 aromatic heterocycles. The van der Waals surface area contributed by atoms with Crippen molar-refractivity contribution in [3.05, 3.63) is 29.8 Å². The highest BCUT2D eigenvalue weighted by Gasteiger charge is 2.21. The molecular formula is C10H15OS+. The van der Waals surface area contributed by atoms with Crippen LogP contribution in [0.2, 0.25) is 0 Å². The molecule has 0 atom stereocenters. The van der Waals surface area contributed by atoms with Gasteiger partial charge >= 0.3 is 0 Å². The molecule has 0 spiro atoms. The minimum absolute atomic E-state index is 0.00847. The Balaban J connectivity index is 3.02. The van der Waals surface area contributed by atoms with E-state index in [1.807, 2.05) is 18.2 Å². The van der Waals surface area contributed by atoms with E-state index in [-0.39, 0.29) is 4.75 Å². The van der Waals surface area contributed by atoms with Crippen molar-refractivity contribution in [3.8, 4) is 5.75 Å². The predicted octanol–water partition coefficient (Wildman–Crippen LogP) is 1.94. The Morgan fingerprint density at radius 3 is 2.50 bits per heavy atom. The van der Waals surface area contributed by atoms with Crippen molar-refractivity contribution in [1.29, 1.82) is 0 Å². The maximum absolute atomic E-state index is 5.13. The molecule has 0 aliphatic carbocycles. The third kappa shape index (κ3) is 2.18.